The summed E-state index contributed by atoms with van der Waals surface area (Å²) in [4.78, 5) is 21.6. The molecule has 10 nitrogen and oxygen atoms in total. The highest BCUT2D eigenvalue weighted by Gasteiger charge is 2.29. The Labute approximate surface area is 266 Å². The molecule has 13 heteroatoms. The van der Waals surface area contributed by atoms with Crippen LogP contribution in [0.5, 0.6) is 0 Å². The second-order valence-corrected chi connectivity index (χ2v) is 14.1. The summed E-state index contributed by atoms with van der Waals surface area (Å²) < 4.78 is 57.2. The molecule has 45 heavy (non-hydrogen) atoms. The van der Waals surface area contributed by atoms with Crippen LogP contribution in [-0.2, 0) is 26.6 Å². The molecule has 0 unspecified atom stereocenters. The SMILES string of the molecule is Cc1ccc(S(=O)(=O)N(Cc2ccc(Cl)cc2)c2ccccc2C(=O)Nc2ccc(S(=O)(=O)Nc3nccc(C)n3)cc2)cc1. The fraction of sp³-hybridized carbons (Fsp3) is 0.0938. The van der Waals surface area contributed by atoms with Gasteiger partial charge in [0.1, 0.15) is 0 Å². The van der Waals surface area contributed by atoms with Crippen molar-refractivity contribution in [1.29, 1.82) is 0 Å². The molecule has 2 N–H and O–H groups in total. The van der Waals surface area contributed by atoms with Gasteiger partial charge in [0, 0.05) is 22.6 Å². The Balaban J connectivity index is 1.44. The number of anilines is 3. The maximum atomic E-state index is 14.0. The van der Waals surface area contributed by atoms with E-state index in [2.05, 4.69) is 20.0 Å². The normalized spacial score (nSPS) is 11.5. The minimum absolute atomic E-state index is 0.0623. The number of para-hydroxylation sites is 1. The summed E-state index contributed by atoms with van der Waals surface area (Å²) in [5, 5.41) is 3.25. The highest BCUT2D eigenvalue weighted by molar-refractivity contribution is 7.93. The van der Waals surface area contributed by atoms with Gasteiger partial charge in [0.05, 0.1) is 27.6 Å². The van der Waals surface area contributed by atoms with Gasteiger partial charge < -0.3 is 5.32 Å². The number of hydrogen-bond donors (Lipinski definition) is 2. The molecule has 1 heterocycles. The molecule has 0 aliphatic rings. The first-order valence-electron chi connectivity index (χ1n) is 13.6. The largest absolute Gasteiger partial charge is 0.322 e. The average molecular weight is 662 g/mol. The number of benzene rings is 4. The van der Waals surface area contributed by atoms with Crippen LogP contribution in [0.4, 0.5) is 17.3 Å². The molecule has 0 aliphatic heterocycles. The van der Waals surface area contributed by atoms with Gasteiger partial charge in [0.25, 0.3) is 26.0 Å². The molecule has 4 aromatic carbocycles. The second-order valence-electron chi connectivity index (χ2n) is 10.1. The summed E-state index contributed by atoms with van der Waals surface area (Å²) in [6.45, 7) is 3.50. The minimum Gasteiger partial charge on any atom is -0.322 e. The first-order valence-corrected chi connectivity index (χ1v) is 16.9. The lowest BCUT2D eigenvalue weighted by molar-refractivity contribution is 0.102. The van der Waals surface area contributed by atoms with Gasteiger partial charge >= 0.3 is 0 Å². The van der Waals surface area contributed by atoms with E-state index in [4.69, 9.17) is 11.6 Å². The third kappa shape index (κ3) is 7.48. The number of nitrogens with one attached hydrogen (secondary N) is 2. The summed E-state index contributed by atoms with van der Waals surface area (Å²) in [6, 6.07) is 26.8. The van der Waals surface area contributed by atoms with E-state index in [-0.39, 0.29) is 33.5 Å². The number of aryl methyl sites for hydroxylation is 2. The molecule has 0 saturated carbocycles. The van der Waals surface area contributed by atoms with Gasteiger partial charge in [-0.05, 0) is 86.1 Å². The van der Waals surface area contributed by atoms with Crippen molar-refractivity contribution in [3.05, 3.63) is 137 Å². The van der Waals surface area contributed by atoms with E-state index in [1.165, 1.54) is 53.0 Å². The number of nitrogens with zero attached hydrogens (tertiary/aromatic N) is 3. The molecular formula is C32H28ClN5O5S2. The Morgan fingerprint density at radius 1 is 0.800 bits per heavy atom. The van der Waals surface area contributed by atoms with Crippen LogP contribution < -0.4 is 14.3 Å². The predicted octanol–water partition coefficient (Wildman–Crippen LogP) is 6.20. The molecule has 0 saturated heterocycles. The average Bonchev–Trinajstić information content (AvgIpc) is 3.01. The highest BCUT2D eigenvalue weighted by Crippen LogP contribution is 2.30. The van der Waals surface area contributed by atoms with Gasteiger partial charge in [-0.15, -0.1) is 0 Å². The van der Waals surface area contributed by atoms with Gasteiger partial charge in [-0.2, -0.15) is 0 Å². The molecular weight excluding hydrogens is 634 g/mol. The maximum Gasteiger partial charge on any atom is 0.264 e. The van der Waals surface area contributed by atoms with E-state index in [0.717, 1.165) is 5.56 Å². The first-order chi connectivity index (χ1) is 21.4. The number of rotatable bonds is 10. The van der Waals surface area contributed by atoms with Gasteiger partial charge in [0.2, 0.25) is 5.95 Å². The second kappa shape index (κ2) is 13.1. The van der Waals surface area contributed by atoms with Crippen LogP contribution in [0.25, 0.3) is 0 Å². The van der Waals surface area contributed by atoms with E-state index >= 15 is 0 Å². The Morgan fingerprint density at radius 3 is 2.11 bits per heavy atom. The zero-order valence-electron chi connectivity index (χ0n) is 24.2. The number of aromatic nitrogens is 2. The summed E-state index contributed by atoms with van der Waals surface area (Å²) >= 11 is 6.06. The van der Waals surface area contributed by atoms with Crippen molar-refractivity contribution in [2.24, 2.45) is 0 Å². The lowest BCUT2D eigenvalue weighted by atomic mass is 10.1. The van der Waals surface area contributed by atoms with Crippen molar-refractivity contribution in [1.82, 2.24) is 9.97 Å². The topological polar surface area (TPSA) is 138 Å². The van der Waals surface area contributed by atoms with Gasteiger partial charge in [0.15, 0.2) is 0 Å². The number of carbonyl (C=O) groups excluding carboxylic acids is 1. The summed E-state index contributed by atoms with van der Waals surface area (Å²) in [5.41, 5.74) is 2.71. The fourth-order valence-electron chi connectivity index (χ4n) is 4.37. The van der Waals surface area contributed by atoms with E-state index < -0.39 is 26.0 Å². The molecule has 0 spiro atoms. The molecule has 0 radical (unpaired) electrons. The van der Waals surface area contributed by atoms with Crippen LogP contribution in [0.15, 0.2) is 119 Å². The Morgan fingerprint density at radius 2 is 1.44 bits per heavy atom. The van der Waals surface area contributed by atoms with E-state index in [0.29, 0.717) is 22.0 Å². The van der Waals surface area contributed by atoms with Crippen molar-refractivity contribution in [2.45, 2.75) is 30.2 Å². The minimum atomic E-state index is -4.12. The highest BCUT2D eigenvalue weighted by atomic mass is 35.5. The van der Waals surface area contributed by atoms with E-state index in [1.54, 1.807) is 67.6 Å². The van der Waals surface area contributed by atoms with Gasteiger partial charge in [-0.3, -0.25) is 9.10 Å². The molecule has 0 fully saturated rings. The van der Waals surface area contributed by atoms with Crippen molar-refractivity contribution in [3.8, 4) is 0 Å². The maximum absolute atomic E-state index is 14.0. The summed E-state index contributed by atoms with van der Waals surface area (Å²) in [7, 11) is -8.11. The summed E-state index contributed by atoms with van der Waals surface area (Å²) in [5.74, 6) is -0.652. The zero-order valence-corrected chi connectivity index (χ0v) is 26.6. The van der Waals surface area contributed by atoms with Crippen molar-refractivity contribution >= 4 is 54.9 Å². The number of amides is 1. The molecule has 1 aromatic heterocycles. The molecule has 0 aliphatic carbocycles. The first kappa shape index (κ1) is 31.6. The Kier molecular flexibility index (Phi) is 9.19. The molecule has 230 valence electrons. The van der Waals surface area contributed by atoms with Crippen molar-refractivity contribution in [3.63, 3.8) is 0 Å². The van der Waals surface area contributed by atoms with Crippen molar-refractivity contribution in [2.75, 3.05) is 14.3 Å². The smallest absolute Gasteiger partial charge is 0.264 e. The third-order valence-electron chi connectivity index (χ3n) is 6.71. The van der Waals surface area contributed by atoms with E-state index in [1.807, 2.05) is 6.92 Å². The van der Waals surface area contributed by atoms with Crippen LogP contribution in [0, 0.1) is 13.8 Å². The molecule has 5 rings (SSSR count). The quantitative estimate of drug-likeness (QED) is 0.182. The Hall–Kier alpha value is -4.78. The van der Waals surface area contributed by atoms with Crippen LogP contribution >= 0.6 is 11.6 Å². The van der Waals surface area contributed by atoms with Crippen LogP contribution in [0.3, 0.4) is 0 Å². The Bertz CT molecular complexity index is 2060. The lowest BCUT2D eigenvalue weighted by Gasteiger charge is -2.27. The van der Waals surface area contributed by atoms with Crippen LogP contribution in [0.1, 0.15) is 27.2 Å². The standard InChI is InChI=1S/C32H28ClN5O5S2/c1-22-7-15-28(16-8-22)45(42,43)38(21-24-9-11-25(33)12-10-24)30-6-4-3-5-29(30)31(39)36-26-13-17-27(18-14-26)44(40,41)37-32-34-20-19-23(2)35-32/h3-20H,21H2,1-2H3,(H,36,39)(H,34,35,37). The van der Waals surface area contributed by atoms with Gasteiger partial charge in [-0.1, -0.05) is 53.6 Å². The lowest BCUT2D eigenvalue weighted by Crippen LogP contribution is -2.32. The predicted molar refractivity (Wildman–Crippen MR) is 174 cm³/mol. The molecule has 5 aromatic rings. The monoisotopic (exact) mass is 661 g/mol. The molecule has 1 amide bonds. The number of halogens is 1. The van der Waals surface area contributed by atoms with Crippen molar-refractivity contribution < 1.29 is 21.6 Å². The third-order valence-corrected chi connectivity index (χ3v) is 10.1. The van der Waals surface area contributed by atoms with E-state index in [9.17, 15) is 21.6 Å². The van der Waals surface area contributed by atoms with Crippen LogP contribution in [-0.4, -0.2) is 32.7 Å². The number of sulfonamides is 2. The zero-order chi connectivity index (χ0) is 32.2. The van der Waals surface area contributed by atoms with Gasteiger partial charge in [-0.25, -0.2) is 31.5 Å². The summed E-state index contributed by atoms with van der Waals surface area (Å²) in [6.07, 6.45) is 1.44. The molecule has 0 atom stereocenters. The number of hydrogen-bond acceptors (Lipinski definition) is 7. The van der Waals surface area contributed by atoms with Crippen LogP contribution in [0.2, 0.25) is 5.02 Å². The fourth-order valence-corrected chi connectivity index (χ4v) is 6.92. The molecule has 0 bridgehead atoms. The number of carbonyl (C=O) groups is 1.